The number of nitrogens with one attached hydrogen (secondary N) is 1. The van der Waals surface area contributed by atoms with Crippen molar-refractivity contribution in [1.29, 1.82) is 0 Å². The highest BCUT2D eigenvalue weighted by molar-refractivity contribution is 6.03. The van der Waals surface area contributed by atoms with Crippen LogP contribution in [0.5, 0.6) is 5.75 Å². The molecule has 0 saturated carbocycles. The molecule has 1 atom stereocenters. The quantitative estimate of drug-likeness (QED) is 0.865. The maximum absolute atomic E-state index is 12.7. The molecule has 0 fully saturated rings. The fraction of sp³-hybridized carbons (Fsp3) is 0.278. The van der Waals surface area contributed by atoms with Crippen molar-refractivity contribution in [2.45, 2.75) is 25.9 Å². The van der Waals surface area contributed by atoms with E-state index in [0.29, 0.717) is 6.54 Å². The molecule has 0 spiro atoms. The molecule has 0 radical (unpaired) electrons. The maximum Gasteiger partial charge on any atom is 0.172 e. The van der Waals surface area contributed by atoms with Gasteiger partial charge in [-0.1, -0.05) is 18.2 Å². The minimum absolute atomic E-state index is 0.0990. The van der Waals surface area contributed by atoms with Gasteiger partial charge in [-0.15, -0.1) is 0 Å². The standard InChI is InChI=1S/C18H19NO2/c1-12(2)21-14-9-7-13(8-10-14)18(20)16-11-19-17-6-4-3-5-15(16)17/h3-10,12,16,19H,11H2,1-2H3. The zero-order valence-electron chi connectivity index (χ0n) is 12.3. The van der Waals surface area contributed by atoms with E-state index in [1.807, 2.05) is 62.4 Å². The lowest BCUT2D eigenvalue weighted by molar-refractivity contribution is 0.0966. The van der Waals surface area contributed by atoms with Gasteiger partial charge in [-0.3, -0.25) is 4.79 Å². The van der Waals surface area contributed by atoms with Crippen LogP contribution in [-0.2, 0) is 0 Å². The van der Waals surface area contributed by atoms with Crippen molar-refractivity contribution in [2.24, 2.45) is 0 Å². The molecule has 1 heterocycles. The number of hydrogen-bond donors (Lipinski definition) is 1. The van der Waals surface area contributed by atoms with E-state index in [1.54, 1.807) is 0 Å². The SMILES string of the molecule is CC(C)Oc1ccc(C(=O)C2CNc3ccccc32)cc1. The summed E-state index contributed by atoms with van der Waals surface area (Å²) >= 11 is 0. The highest BCUT2D eigenvalue weighted by Crippen LogP contribution is 2.33. The second-order valence-corrected chi connectivity index (χ2v) is 5.58. The molecule has 1 aliphatic rings. The average molecular weight is 281 g/mol. The van der Waals surface area contributed by atoms with Gasteiger partial charge in [0.2, 0.25) is 0 Å². The predicted octanol–water partition coefficient (Wildman–Crippen LogP) is 3.87. The van der Waals surface area contributed by atoms with Crippen molar-refractivity contribution in [2.75, 3.05) is 11.9 Å². The number of para-hydroxylation sites is 1. The monoisotopic (exact) mass is 281 g/mol. The van der Waals surface area contributed by atoms with Gasteiger partial charge >= 0.3 is 0 Å². The first-order valence-corrected chi connectivity index (χ1v) is 7.29. The lowest BCUT2D eigenvalue weighted by Gasteiger charge is -2.12. The van der Waals surface area contributed by atoms with Crippen molar-refractivity contribution in [1.82, 2.24) is 0 Å². The van der Waals surface area contributed by atoms with E-state index in [1.165, 1.54) is 0 Å². The molecule has 21 heavy (non-hydrogen) atoms. The van der Waals surface area contributed by atoms with Crippen LogP contribution >= 0.6 is 0 Å². The Kier molecular flexibility index (Phi) is 3.65. The number of hydrogen-bond acceptors (Lipinski definition) is 3. The van der Waals surface area contributed by atoms with Crippen LogP contribution in [0.15, 0.2) is 48.5 Å². The normalized spacial score (nSPS) is 16.4. The minimum atomic E-state index is -0.0990. The molecule has 2 aromatic carbocycles. The van der Waals surface area contributed by atoms with Crippen LogP contribution in [0.3, 0.4) is 0 Å². The molecule has 108 valence electrons. The van der Waals surface area contributed by atoms with Gasteiger partial charge in [0.25, 0.3) is 0 Å². The second kappa shape index (κ2) is 5.60. The largest absolute Gasteiger partial charge is 0.491 e. The first-order valence-electron chi connectivity index (χ1n) is 7.29. The van der Waals surface area contributed by atoms with Crippen LogP contribution in [-0.4, -0.2) is 18.4 Å². The predicted molar refractivity (Wildman–Crippen MR) is 84.2 cm³/mol. The molecule has 0 aromatic heterocycles. The Balaban J connectivity index is 1.80. The summed E-state index contributed by atoms with van der Waals surface area (Å²) in [5.41, 5.74) is 2.88. The molecule has 0 bridgehead atoms. The van der Waals surface area contributed by atoms with Crippen LogP contribution < -0.4 is 10.1 Å². The molecule has 3 heteroatoms. The van der Waals surface area contributed by atoms with E-state index in [-0.39, 0.29) is 17.8 Å². The molecule has 0 saturated heterocycles. The number of ketones is 1. The van der Waals surface area contributed by atoms with E-state index in [9.17, 15) is 4.79 Å². The molecule has 3 nitrogen and oxygen atoms in total. The topological polar surface area (TPSA) is 38.3 Å². The lowest BCUT2D eigenvalue weighted by Crippen LogP contribution is -2.15. The van der Waals surface area contributed by atoms with Crippen molar-refractivity contribution in [3.63, 3.8) is 0 Å². The van der Waals surface area contributed by atoms with Crippen molar-refractivity contribution in [3.05, 3.63) is 59.7 Å². The summed E-state index contributed by atoms with van der Waals surface area (Å²) < 4.78 is 5.61. The maximum atomic E-state index is 12.7. The summed E-state index contributed by atoms with van der Waals surface area (Å²) in [6, 6.07) is 15.4. The number of carbonyl (C=O) groups excluding carboxylic acids is 1. The van der Waals surface area contributed by atoms with Crippen LogP contribution in [0.4, 0.5) is 5.69 Å². The molecule has 3 rings (SSSR count). The van der Waals surface area contributed by atoms with E-state index in [0.717, 1.165) is 22.6 Å². The Hall–Kier alpha value is -2.29. The Morgan fingerprint density at radius 1 is 1.14 bits per heavy atom. The smallest absolute Gasteiger partial charge is 0.172 e. The zero-order chi connectivity index (χ0) is 14.8. The molecular formula is C18H19NO2. The fourth-order valence-corrected chi connectivity index (χ4v) is 2.69. The van der Waals surface area contributed by atoms with Gasteiger partial charge < -0.3 is 10.1 Å². The second-order valence-electron chi connectivity index (χ2n) is 5.58. The third kappa shape index (κ3) is 2.77. The molecule has 1 aliphatic heterocycles. The van der Waals surface area contributed by atoms with Crippen LogP contribution in [0, 0.1) is 0 Å². The highest BCUT2D eigenvalue weighted by atomic mass is 16.5. The van der Waals surface area contributed by atoms with Crippen LogP contribution in [0.1, 0.15) is 35.7 Å². The summed E-state index contributed by atoms with van der Waals surface area (Å²) in [6.45, 7) is 4.64. The van der Waals surface area contributed by atoms with Crippen molar-refractivity contribution >= 4 is 11.5 Å². The third-order valence-corrected chi connectivity index (χ3v) is 3.66. The van der Waals surface area contributed by atoms with Crippen LogP contribution in [0.2, 0.25) is 0 Å². The first-order chi connectivity index (χ1) is 10.1. The number of Topliss-reactive ketones (excluding diaryl/α,β-unsaturated/α-hetero) is 1. The number of fused-ring (bicyclic) bond motifs is 1. The number of carbonyl (C=O) groups is 1. The summed E-state index contributed by atoms with van der Waals surface area (Å²) in [4.78, 5) is 12.7. The molecule has 1 unspecified atom stereocenters. The average Bonchev–Trinajstić information content (AvgIpc) is 2.90. The molecule has 2 aromatic rings. The van der Waals surface area contributed by atoms with E-state index in [2.05, 4.69) is 5.32 Å². The van der Waals surface area contributed by atoms with Crippen molar-refractivity contribution in [3.8, 4) is 5.75 Å². The van der Waals surface area contributed by atoms with Gasteiger partial charge in [0.15, 0.2) is 5.78 Å². The van der Waals surface area contributed by atoms with Gasteiger partial charge in [-0.2, -0.15) is 0 Å². The minimum Gasteiger partial charge on any atom is -0.491 e. The zero-order valence-corrected chi connectivity index (χ0v) is 12.3. The number of anilines is 1. The highest BCUT2D eigenvalue weighted by Gasteiger charge is 2.28. The van der Waals surface area contributed by atoms with E-state index >= 15 is 0 Å². The molecular weight excluding hydrogens is 262 g/mol. The summed E-state index contributed by atoms with van der Waals surface area (Å²) in [5, 5.41) is 3.29. The van der Waals surface area contributed by atoms with Gasteiger partial charge in [0.05, 0.1) is 12.0 Å². The van der Waals surface area contributed by atoms with Gasteiger partial charge in [0.1, 0.15) is 5.75 Å². The molecule has 1 N–H and O–H groups in total. The Labute approximate surface area is 124 Å². The van der Waals surface area contributed by atoms with Gasteiger partial charge in [0, 0.05) is 17.8 Å². The number of ether oxygens (including phenoxy) is 1. The summed E-state index contributed by atoms with van der Waals surface area (Å²) in [5.74, 6) is 0.855. The first kappa shape index (κ1) is 13.7. The fourth-order valence-electron chi connectivity index (χ4n) is 2.69. The summed E-state index contributed by atoms with van der Waals surface area (Å²) in [7, 11) is 0. The molecule has 0 aliphatic carbocycles. The Bertz CT molecular complexity index is 647. The summed E-state index contributed by atoms with van der Waals surface area (Å²) in [6.07, 6.45) is 0.137. The Morgan fingerprint density at radius 2 is 1.86 bits per heavy atom. The third-order valence-electron chi connectivity index (χ3n) is 3.66. The van der Waals surface area contributed by atoms with E-state index < -0.39 is 0 Å². The lowest BCUT2D eigenvalue weighted by atomic mass is 9.92. The van der Waals surface area contributed by atoms with Crippen molar-refractivity contribution < 1.29 is 9.53 Å². The van der Waals surface area contributed by atoms with Gasteiger partial charge in [-0.25, -0.2) is 0 Å². The number of benzene rings is 2. The van der Waals surface area contributed by atoms with Crippen LogP contribution in [0.25, 0.3) is 0 Å². The Morgan fingerprint density at radius 3 is 2.57 bits per heavy atom. The van der Waals surface area contributed by atoms with Gasteiger partial charge in [-0.05, 0) is 49.7 Å². The van der Waals surface area contributed by atoms with E-state index in [4.69, 9.17) is 4.74 Å². The molecule has 0 amide bonds. The number of rotatable bonds is 4.